The molecule has 0 radical (unpaired) electrons. The van der Waals surface area contributed by atoms with Crippen molar-refractivity contribution in [2.24, 2.45) is 0 Å². The molecule has 0 unspecified atom stereocenters. The zero-order valence-corrected chi connectivity index (χ0v) is 13.3. The molecule has 0 spiro atoms. The fourth-order valence-electron chi connectivity index (χ4n) is 3.00. The van der Waals surface area contributed by atoms with E-state index in [9.17, 15) is 9.59 Å². The first-order valence-electron chi connectivity index (χ1n) is 7.83. The second kappa shape index (κ2) is 6.38. The van der Waals surface area contributed by atoms with Crippen molar-refractivity contribution in [2.75, 3.05) is 0 Å². The van der Waals surface area contributed by atoms with Crippen molar-refractivity contribution in [1.82, 2.24) is 20.4 Å². The summed E-state index contributed by atoms with van der Waals surface area (Å²) in [6, 6.07) is 2.76. The molecule has 2 heterocycles. The van der Waals surface area contributed by atoms with Crippen LogP contribution < -0.4 is 5.32 Å². The average molecular weight is 330 g/mol. The van der Waals surface area contributed by atoms with Gasteiger partial charge in [-0.2, -0.15) is 4.98 Å². The lowest BCUT2D eigenvalue weighted by Crippen LogP contribution is -2.48. The van der Waals surface area contributed by atoms with Gasteiger partial charge in [0.15, 0.2) is 5.82 Å². The van der Waals surface area contributed by atoms with Crippen LogP contribution in [0.2, 0.25) is 0 Å². The number of pyridine rings is 1. The van der Waals surface area contributed by atoms with Crippen LogP contribution >= 0.6 is 0 Å². The van der Waals surface area contributed by atoms with Gasteiger partial charge < -0.3 is 14.9 Å². The lowest BCUT2D eigenvalue weighted by Gasteiger charge is -2.35. The van der Waals surface area contributed by atoms with E-state index in [0.717, 1.165) is 32.1 Å². The monoisotopic (exact) mass is 330 g/mol. The van der Waals surface area contributed by atoms with Crippen LogP contribution in [0.3, 0.4) is 0 Å². The van der Waals surface area contributed by atoms with E-state index in [2.05, 4.69) is 20.4 Å². The summed E-state index contributed by atoms with van der Waals surface area (Å²) in [5.41, 5.74) is -0.462. The van der Waals surface area contributed by atoms with Crippen LogP contribution in [-0.4, -0.2) is 32.1 Å². The van der Waals surface area contributed by atoms with Crippen molar-refractivity contribution in [2.45, 2.75) is 44.6 Å². The Morgan fingerprint density at radius 2 is 2.00 bits per heavy atom. The number of nitrogens with zero attached hydrogens (tertiary/aromatic N) is 3. The smallest absolute Gasteiger partial charge is 0.354 e. The minimum Gasteiger partial charge on any atom is -0.477 e. The summed E-state index contributed by atoms with van der Waals surface area (Å²) in [6.07, 6.45) is 5.75. The molecule has 3 rings (SSSR count). The second-order valence-electron chi connectivity index (χ2n) is 5.97. The van der Waals surface area contributed by atoms with Gasteiger partial charge in [0.25, 0.3) is 5.91 Å². The van der Waals surface area contributed by atoms with E-state index in [4.69, 9.17) is 9.63 Å². The Bertz CT molecular complexity index is 748. The van der Waals surface area contributed by atoms with Crippen molar-refractivity contribution in [3.63, 3.8) is 0 Å². The first-order chi connectivity index (χ1) is 11.5. The number of carboxylic acids is 1. The van der Waals surface area contributed by atoms with E-state index in [1.165, 1.54) is 18.3 Å². The minimum absolute atomic E-state index is 0.104. The third-order valence-corrected chi connectivity index (χ3v) is 4.26. The van der Waals surface area contributed by atoms with E-state index in [0.29, 0.717) is 17.3 Å². The molecule has 24 heavy (non-hydrogen) atoms. The Morgan fingerprint density at radius 1 is 1.25 bits per heavy atom. The maximum Gasteiger partial charge on any atom is 0.354 e. The van der Waals surface area contributed by atoms with Crippen molar-refractivity contribution in [3.05, 3.63) is 41.3 Å². The molecule has 0 atom stereocenters. The third kappa shape index (κ3) is 3.12. The number of hydrogen-bond donors (Lipinski definition) is 2. The highest BCUT2D eigenvalue weighted by molar-refractivity contribution is 5.95. The summed E-state index contributed by atoms with van der Waals surface area (Å²) in [7, 11) is 0. The first kappa shape index (κ1) is 16.1. The van der Waals surface area contributed by atoms with Crippen molar-refractivity contribution >= 4 is 11.9 Å². The third-order valence-electron chi connectivity index (χ3n) is 4.26. The Kier molecular flexibility index (Phi) is 4.28. The van der Waals surface area contributed by atoms with Crippen molar-refractivity contribution in [1.29, 1.82) is 0 Å². The molecule has 0 bridgehead atoms. The number of amides is 1. The molecule has 0 aromatic carbocycles. The number of nitrogens with one attached hydrogen (secondary N) is 1. The highest BCUT2D eigenvalue weighted by atomic mass is 16.5. The van der Waals surface area contributed by atoms with Gasteiger partial charge in [0, 0.05) is 13.1 Å². The minimum atomic E-state index is -1.13. The maximum absolute atomic E-state index is 12.6. The maximum atomic E-state index is 12.6. The summed E-state index contributed by atoms with van der Waals surface area (Å²) < 4.78 is 5.08. The molecule has 0 aliphatic heterocycles. The Balaban J connectivity index is 1.84. The number of carbonyl (C=O) groups is 2. The van der Waals surface area contributed by atoms with Crippen LogP contribution in [0.5, 0.6) is 0 Å². The quantitative estimate of drug-likeness (QED) is 0.880. The Hall–Kier alpha value is -2.77. The zero-order chi connectivity index (χ0) is 17.2. The predicted octanol–water partition coefficient (Wildman–Crippen LogP) is 2.06. The number of aromatic carboxylic acids is 1. The molecule has 2 N–H and O–H groups in total. The van der Waals surface area contributed by atoms with Crippen LogP contribution in [0.15, 0.2) is 22.9 Å². The largest absolute Gasteiger partial charge is 0.477 e. The molecule has 8 heteroatoms. The van der Waals surface area contributed by atoms with Gasteiger partial charge in [-0.25, -0.2) is 9.78 Å². The van der Waals surface area contributed by atoms with Gasteiger partial charge in [0.05, 0.1) is 5.56 Å². The SMILES string of the molecule is Cc1nc(C2(NC(=O)c3ccc(C(=O)O)nc3)CCCCC2)no1. The number of aryl methyl sites for hydroxylation is 1. The normalized spacial score (nSPS) is 16.5. The van der Waals surface area contributed by atoms with Gasteiger partial charge in [-0.3, -0.25) is 4.79 Å². The molecule has 2 aromatic rings. The average Bonchev–Trinajstić information content (AvgIpc) is 3.03. The Morgan fingerprint density at radius 3 is 2.54 bits per heavy atom. The highest BCUT2D eigenvalue weighted by Crippen LogP contribution is 2.35. The molecule has 0 saturated heterocycles. The fourth-order valence-corrected chi connectivity index (χ4v) is 3.00. The van der Waals surface area contributed by atoms with Gasteiger partial charge in [0.1, 0.15) is 11.2 Å². The van der Waals surface area contributed by atoms with Crippen LogP contribution in [0.1, 0.15) is 64.7 Å². The molecule has 2 aromatic heterocycles. The van der Waals surface area contributed by atoms with E-state index >= 15 is 0 Å². The molecule has 1 aliphatic rings. The lowest BCUT2D eigenvalue weighted by atomic mass is 9.80. The standard InChI is InChI=1S/C16H18N4O4/c1-10-18-15(20-24-10)16(7-3-2-4-8-16)19-13(21)11-5-6-12(14(22)23)17-9-11/h5-6,9H,2-4,7-8H2,1H3,(H,19,21)(H,22,23). The molecule has 1 amide bonds. The zero-order valence-electron chi connectivity index (χ0n) is 13.3. The number of rotatable bonds is 4. The molecule has 1 aliphatic carbocycles. The van der Waals surface area contributed by atoms with Gasteiger partial charge in [-0.1, -0.05) is 24.4 Å². The number of hydrogen-bond acceptors (Lipinski definition) is 6. The number of aromatic nitrogens is 3. The van der Waals surface area contributed by atoms with Crippen molar-refractivity contribution < 1.29 is 19.2 Å². The molecule has 1 fully saturated rings. The summed E-state index contributed by atoms with van der Waals surface area (Å²) in [4.78, 5) is 31.5. The predicted molar refractivity (Wildman–Crippen MR) is 82.5 cm³/mol. The van der Waals surface area contributed by atoms with Gasteiger partial charge in [0.2, 0.25) is 5.89 Å². The van der Waals surface area contributed by atoms with Crippen LogP contribution in [0.25, 0.3) is 0 Å². The number of carbonyl (C=O) groups excluding carboxylic acids is 1. The summed E-state index contributed by atoms with van der Waals surface area (Å²) in [5.74, 6) is -0.517. The van der Waals surface area contributed by atoms with E-state index < -0.39 is 11.5 Å². The van der Waals surface area contributed by atoms with Crippen LogP contribution in [0, 0.1) is 6.92 Å². The molecule has 8 nitrogen and oxygen atoms in total. The molecular weight excluding hydrogens is 312 g/mol. The van der Waals surface area contributed by atoms with Gasteiger partial charge >= 0.3 is 5.97 Å². The van der Waals surface area contributed by atoms with Crippen LogP contribution in [0.4, 0.5) is 0 Å². The lowest BCUT2D eigenvalue weighted by molar-refractivity contribution is 0.0689. The van der Waals surface area contributed by atoms with Gasteiger partial charge in [-0.15, -0.1) is 0 Å². The molecule has 126 valence electrons. The summed E-state index contributed by atoms with van der Waals surface area (Å²) in [5, 5.41) is 15.9. The van der Waals surface area contributed by atoms with Crippen molar-refractivity contribution in [3.8, 4) is 0 Å². The van der Waals surface area contributed by atoms with E-state index in [-0.39, 0.29) is 11.6 Å². The second-order valence-corrected chi connectivity index (χ2v) is 5.97. The number of carboxylic acid groups (broad SMARTS) is 1. The van der Waals surface area contributed by atoms with Crippen LogP contribution in [-0.2, 0) is 5.54 Å². The van der Waals surface area contributed by atoms with E-state index in [1.54, 1.807) is 6.92 Å². The Labute approximate surface area is 138 Å². The summed E-state index contributed by atoms with van der Waals surface area (Å²) >= 11 is 0. The van der Waals surface area contributed by atoms with Gasteiger partial charge in [-0.05, 0) is 25.0 Å². The molecular formula is C16H18N4O4. The fraction of sp³-hybridized carbons (Fsp3) is 0.438. The highest BCUT2D eigenvalue weighted by Gasteiger charge is 2.39. The molecule has 1 saturated carbocycles. The first-order valence-corrected chi connectivity index (χ1v) is 7.83. The topological polar surface area (TPSA) is 118 Å². The van der Waals surface area contributed by atoms with E-state index in [1.807, 2.05) is 0 Å². The summed E-state index contributed by atoms with van der Waals surface area (Å²) in [6.45, 7) is 1.71.